The molecule has 3 aromatic heterocycles. The number of para-hydroxylation sites is 1. The Morgan fingerprint density at radius 1 is 1.04 bits per heavy atom. The van der Waals surface area contributed by atoms with Crippen LogP contribution in [-0.2, 0) is 6.54 Å². The van der Waals surface area contributed by atoms with Gasteiger partial charge >= 0.3 is 0 Å². The summed E-state index contributed by atoms with van der Waals surface area (Å²) in [5.41, 5.74) is 2.91. The van der Waals surface area contributed by atoms with Gasteiger partial charge < -0.3 is 0 Å². The fourth-order valence-corrected chi connectivity index (χ4v) is 3.02. The van der Waals surface area contributed by atoms with Gasteiger partial charge in [-0.15, -0.1) is 0 Å². The molecule has 4 rings (SSSR count). The first kappa shape index (κ1) is 18.1. The van der Waals surface area contributed by atoms with Crippen molar-refractivity contribution in [2.45, 2.75) is 40.3 Å². The van der Waals surface area contributed by atoms with Crippen LogP contribution in [0.5, 0.6) is 0 Å². The van der Waals surface area contributed by atoms with Gasteiger partial charge in [0, 0.05) is 6.20 Å². The monoisotopic (exact) mass is 376 g/mol. The fraction of sp³-hybridized carbons (Fsp3) is 0.350. The van der Waals surface area contributed by atoms with Gasteiger partial charge in [-0.05, 0) is 37.5 Å². The fourth-order valence-electron chi connectivity index (χ4n) is 3.02. The Bertz CT molecular complexity index is 1040. The predicted molar refractivity (Wildman–Crippen MR) is 106 cm³/mol. The molecule has 1 aromatic carbocycles. The van der Waals surface area contributed by atoms with Crippen molar-refractivity contribution < 1.29 is 0 Å². The van der Waals surface area contributed by atoms with Crippen molar-refractivity contribution >= 4 is 0 Å². The largest absolute Gasteiger partial charge is 0.245 e. The maximum atomic E-state index is 4.82. The summed E-state index contributed by atoms with van der Waals surface area (Å²) < 4.78 is 5.60. The van der Waals surface area contributed by atoms with E-state index < -0.39 is 0 Å². The number of hydrogen-bond acceptors (Lipinski definition) is 5. The minimum Gasteiger partial charge on any atom is -0.245 e. The summed E-state index contributed by atoms with van der Waals surface area (Å²) in [6.45, 7) is 9.05. The number of nitrogens with zero attached hydrogens (tertiary/aromatic N) is 8. The van der Waals surface area contributed by atoms with E-state index in [1.165, 1.54) is 6.33 Å². The first-order valence-electron chi connectivity index (χ1n) is 9.43. The number of rotatable bonds is 6. The second-order valence-corrected chi connectivity index (χ2v) is 7.31. The quantitative estimate of drug-likeness (QED) is 0.516. The molecule has 0 aliphatic carbocycles. The maximum absolute atomic E-state index is 4.82. The zero-order chi connectivity index (χ0) is 19.7. The first-order valence-corrected chi connectivity index (χ1v) is 9.43. The molecule has 3 heterocycles. The highest BCUT2D eigenvalue weighted by molar-refractivity contribution is 5.55. The summed E-state index contributed by atoms with van der Waals surface area (Å²) in [5, 5.41) is 13.8. The molecule has 144 valence electrons. The lowest BCUT2D eigenvalue weighted by atomic mass is 10.1. The zero-order valence-corrected chi connectivity index (χ0v) is 16.6. The van der Waals surface area contributed by atoms with Gasteiger partial charge in [-0.2, -0.15) is 15.3 Å². The van der Waals surface area contributed by atoms with Crippen LogP contribution >= 0.6 is 0 Å². The van der Waals surface area contributed by atoms with E-state index in [4.69, 9.17) is 15.2 Å². The summed E-state index contributed by atoms with van der Waals surface area (Å²) in [5.74, 6) is 1.89. The minimum atomic E-state index is 0.188. The van der Waals surface area contributed by atoms with Crippen LogP contribution in [-0.4, -0.2) is 39.3 Å². The van der Waals surface area contributed by atoms with E-state index in [1.807, 2.05) is 45.9 Å². The highest BCUT2D eigenvalue weighted by atomic mass is 15.4. The lowest BCUT2D eigenvalue weighted by Gasteiger charge is -2.17. The molecule has 0 fully saturated rings. The van der Waals surface area contributed by atoms with Crippen molar-refractivity contribution in [3.05, 3.63) is 60.6 Å². The smallest absolute Gasteiger partial charge is 0.179 e. The molecular formula is C20H24N8. The maximum Gasteiger partial charge on any atom is 0.179 e. The standard InChI is InChI=1S/C20H24N8/c1-14(2)16(4)28-20(23-18(24-28)11-26-13-21-12-22-26)19-15(3)10-27(25-19)17-8-6-5-7-9-17/h5-10,12-14,16H,11H2,1-4H3. The van der Waals surface area contributed by atoms with E-state index >= 15 is 0 Å². The molecule has 8 heteroatoms. The van der Waals surface area contributed by atoms with E-state index in [2.05, 4.69) is 37.8 Å². The highest BCUT2D eigenvalue weighted by Crippen LogP contribution is 2.27. The van der Waals surface area contributed by atoms with E-state index in [-0.39, 0.29) is 6.04 Å². The van der Waals surface area contributed by atoms with Crippen LogP contribution in [0.4, 0.5) is 0 Å². The van der Waals surface area contributed by atoms with Crippen molar-refractivity contribution in [3.63, 3.8) is 0 Å². The van der Waals surface area contributed by atoms with Gasteiger partial charge in [-0.25, -0.2) is 24.0 Å². The molecular weight excluding hydrogens is 352 g/mol. The summed E-state index contributed by atoms with van der Waals surface area (Å²) >= 11 is 0. The molecule has 0 amide bonds. The average Bonchev–Trinajstić information content (AvgIpc) is 3.42. The topological polar surface area (TPSA) is 79.2 Å². The first-order chi connectivity index (χ1) is 13.5. The Morgan fingerprint density at radius 3 is 2.50 bits per heavy atom. The van der Waals surface area contributed by atoms with Gasteiger partial charge in [0.25, 0.3) is 0 Å². The van der Waals surface area contributed by atoms with Crippen molar-refractivity contribution in [3.8, 4) is 17.2 Å². The summed E-state index contributed by atoms with van der Waals surface area (Å²) in [6, 6.07) is 10.3. The second-order valence-electron chi connectivity index (χ2n) is 7.31. The number of hydrogen-bond donors (Lipinski definition) is 0. The SMILES string of the molecule is Cc1cn(-c2ccccc2)nc1-c1nc(Cn2cncn2)nn1C(C)C(C)C. The van der Waals surface area contributed by atoms with E-state index in [9.17, 15) is 0 Å². The van der Waals surface area contributed by atoms with E-state index in [1.54, 1.807) is 11.0 Å². The zero-order valence-electron chi connectivity index (χ0n) is 16.6. The van der Waals surface area contributed by atoms with Gasteiger partial charge in [0.15, 0.2) is 11.6 Å². The molecule has 1 unspecified atom stereocenters. The Labute approximate surface area is 163 Å². The van der Waals surface area contributed by atoms with Crippen LogP contribution in [0, 0.1) is 12.8 Å². The highest BCUT2D eigenvalue weighted by Gasteiger charge is 2.22. The van der Waals surface area contributed by atoms with Crippen LogP contribution in [0.2, 0.25) is 0 Å². The molecule has 0 spiro atoms. The van der Waals surface area contributed by atoms with E-state index in [0.717, 1.165) is 22.8 Å². The van der Waals surface area contributed by atoms with Gasteiger partial charge in [0.1, 0.15) is 24.9 Å². The Balaban J connectivity index is 1.77. The normalized spacial score (nSPS) is 12.6. The van der Waals surface area contributed by atoms with Crippen LogP contribution in [0.1, 0.15) is 38.2 Å². The van der Waals surface area contributed by atoms with Crippen molar-refractivity contribution in [1.29, 1.82) is 0 Å². The van der Waals surface area contributed by atoms with Crippen molar-refractivity contribution in [1.82, 2.24) is 39.3 Å². The molecule has 0 bridgehead atoms. The average molecular weight is 376 g/mol. The second kappa shape index (κ2) is 7.38. The lowest BCUT2D eigenvalue weighted by molar-refractivity contribution is 0.375. The Kier molecular flexibility index (Phi) is 4.77. The van der Waals surface area contributed by atoms with Crippen LogP contribution in [0.15, 0.2) is 49.2 Å². The lowest BCUT2D eigenvalue weighted by Crippen LogP contribution is -2.15. The van der Waals surface area contributed by atoms with E-state index in [0.29, 0.717) is 18.3 Å². The number of aryl methyl sites for hydroxylation is 1. The van der Waals surface area contributed by atoms with Crippen LogP contribution in [0.3, 0.4) is 0 Å². The van der Waals surface area contributed by atoms with Crippen molar-refractivity contribution in [2.75, 3.05) is 0 Å². The molecule has 0 N–H and O–H groups in total. The van der Waals surface area contributed by atoms with Gasteiger partial charge in [0.2, 0.25) is 0 Å². The minimum absolute atomic E-state index is 0.188. The summed E-state index contributed by atoms with van der Waals surface area (Å²) in [4.78, 5) is 8.81. The van der Waals surface area contributed by atoms with Crippen LogP contribution in [0.25, 0.3) is 17.2 Å². The molecule has 4 aromatic rings. The van der Waals surface area contributed by atoms with Gasteiger partial charge in [-0.1, -0.05) is 32.0 Å². The Morgan fingerprint density at radius 2 is 1.82 bits per heavy atom. The molecule has 0 saturated carbocycles. The third kappa shape index (κ3) is 3.45. The van der Waals surface area contributed by atoms with Gasteiger partial charge in [-0.3, -0.25) is 0 Å². The molecule has 0 radical (unpaired) electrons. The summed E-state index contributed by atoms with van der Waals surface area (Å²) in [6.07, 6.45) is 5.21. The predicted octanol–water partition coefficient (Wildman–Crippen LogP) is 3.30. The van der Waals surface area contributed by atoms with Crippen molar-refractivity contribution in [2.24, 2.45) is 5.92 Å². The number of benzene rings is 1. The van der Waals surface area contributed by atoms with Crippen LogP contribution < -0.4 is 0 Å². The molecule has 0 aliphatic rings. The summed E-state index contributed by atoms with van der Waals surface area (Å²) in [7, 11) is 0. The van der Waals surface area contributed by atoms with Gasteiger partial charge in [0.05, 0.1) is 11.7 Å². The third-order valence-corrected chi connectivity index (χ3v) is 4.93. The number of aromatic nitrogens is 8. The molecule has 0 aliphatic heterocycles. The Hall–Kier alpha value is -3.29. The molecule has 0 saturated heterocycles. The molecule has 1 atom stereocenters. The third-order valence-electron chi connectivity index (χ3n) is 4.93. The molecule has 28 heavy (non-hydrogen) atoms. The molecule has 8 nitrogen and oxygen atoms in total.